The first-order valence-electron chi connectivity index (χ1n) is 5.82. The molecule has 0 aromatic carbocycles. The Morgan fingerprint density at radius 1 is 1.44 bits per heavy atom. The lowest BCUT2D eigenvalue weighted by molar-refractivity contribution is -0.142. The Morgan fingerprint density at radius 3 is 2.75 bits per heavy atom. The van der Waals surface area contributed by atoms with Gasteiger partial charge >= 0.3 is 5.97 Å². The highest BCUT2D eigenvalue weighted by molar-refractivity contribution is 5.67. The zero-order valence-electron chi connectivity index (χ0n) is 9.59. The first-order chi connectivity index (χ1) is 7.65. The number of aliphatic carboxylic acids is 1. The van der Waals surface area contributed by atoms with Crippen molar-refractivity contribution in [2.75, 3.05) is 26.7 Å². The van der Waals surface area contributed by atoms with Gasteiger partial charge in [-0.15, -0.1) is 0 Å². The molecule has 2 unspecified atom stereocenters. The van der Waals surface area contributed by atoms with Crippen molar-refractivity contribution >= 4 is 5.97 Å². The third-order valence-electron chi connectivity index (χ3n) is 3.32. The third kappa shape index (κ3) is 2.93. The summed E-state index contributed by atoms with van der Waals surface area (Å²) >= 11 is 0. The van der Waals surface area contributed by atoms with E-state index in [0.717, 1.165) is 25.9 Å². The molecule has 5 heteroatoms. The van der Waals surface area contributed by atoms with E-state index in [4.69, 9.17) is 14.6 Å². The van der Waals surface area contributed by atoms with E-state index >= 15 is 0 Å². The van der Waals surface area contributed by atoms with E-state index in [2.05, 4.69) is 11.9 Å². The number of piperidine rings is 1. The lowest BCUT2D eigenvalue weighted by Gasteiger charge is -2.31. The molecule has 1 N–H and O–H groups in total. The smallest absolute Gasteiger partial charge is 0.306 e. The minimum absolute atomic E-state index is 0.0448. The summed E-state index contributed by atoms with van der Waals surface area (Å²) in [6.45, 7) is 2.55. The summed E-state index contributed by atoms with van der Waals surface area (Å²) < 4.78 is 11.2. The number of likely N-dealkylation sites (tertiary alicyclic amines) is 1. The molecule has 2 saturated heterocycles. The van der Waals surface area contributed by atoms with Crippen LogP contribution in [0.25, 0.3) is 0 Å². The van der Waals surface area contributed by atoms with Crippen molar-refractivity contribution in [3.05, 3.63) is 0 Å². The zero-order valence-corrected chi connectivity index (χ0v) is 9.59. The molecule has 2 heterocycles. The monoisotopic (exact) mass is 229 g/mol. The van der Waals surface area contributed by atoms with Crippen LogP contribution >= 0.6 is 0 Å². The molecule has 0 amide bonds. The molecule has 2 fully saturated rings. The van der Waals surface area contributed by atoms with Gasteiger partial charge in [-0.2, -0.15) is 0 Å². The molecule has 0 aliphatic carbocycles. The lowest BCUT2D eigenvalue weighted by atomic mass is 9.97. The summed E-state index contributed by atoms with van der Waals surface area (Å²) in [5, 5.41) is 8.66. The number of carboxylic acid groups (broad SMARTS) is 1. The fourth-order valence-corrected chi connectivity index (χ4v) is 2.32. The van der Waals surface area contributed by atoms with Gasteiger partial charge in [0, 0.05) is 5.92 Å². The van der Waals surface area contributed by atoms with Crippen LogP contribution in [0, 0.1) is 5.92 Å². The Labute approximate surface area is 95.3 Å². The van der Waals surface area contributed by atoms with Crippen molar-refractivity contribution in [3.63, 3.8) is 0 Å². The SMILES string of the molecule is CN1CCC(C2OCC(CC(=O)O)O2)CC1. The second-order valence-electron chi connectivity index (χ2n) is 4.70. The van der Waals surface area contributed by atoms with Crippen LogP contribution in [0.4, 0.5) is 0 Å². The van der Waals surface area contributed by atoms with Crippen molar-refractivity contribution in [1.29, 1.82) is 0 Å². The number of carboxylic acids is 1. The van der Waals surface area contributed by atoms with Crippen LogP contribution in [0.2, 0.25) is 0 Å². The van der Waals surface area contributed by atoms with Gasteiger partial charge in [0.25, 0.3) is 0 Å². The van der Waals surface area contributed by atoms with Gasteiger partial charge < -0.3 is 19.5 Å². The average molecular weight is 229 g/mol. The largest absolute Gasteiger partial charge is 0.481 e. The maximum absolute atomic E-state index is 10.5. The molecule has 0 spiro atoms. The number of nitrogens with zero attached hydrogens (tertiary/aromatic N) is 1. The fourth-order valence-electron chi connectivity index (χ4n) is 2.32. The van der Waals surface area contributed by atoms with Gasteiger partial charge in [0.1, 0.15) is 0 Å². The van der Waals surface area contributed by atoms with E-state index in [-0.39, 0.29) is 18.8 Å². The number of carbonyl (C=O) groups is 1. The first kappa shape index (κ1) is 11.8. The molecular formula is C11H19NO4. The quantitative estimate of drug-likeness (QED) is 0.765. The molecule has 0 saturated carbocycles. The number of hydrogen-bond acceptors (Lipinski definition) is 4. The number of rotatable bonds is 3. The maximum Gasteiger partial charge on any atom is 0.306 e. The zero-order chi connectivity index (χ0) is 11.5. The molecular weight excluding hydrogens is 210 g/mol. The van der Waals surface area contributed by atoms with Gasteiger partial charge in [0.2, 0.25) is 0 Å². The first-order valence-corrected chi connectivity index (χ1v) is 5.82. The van der Waals surface area contributed by atoms with E-state index in [0.29, 0.717) is 12.5 Å². The summed E-state index contributed by atoms with van der Waals surface area (Å²) in [5.41, 5.74) is 0. The van der Waals surface area contributed by atoms with Gasteiger partial charge in [-0.05, 0) is 33.0 Å². The van der Waals surface area contributed by atoms with Crippen molar-refractivity contribution in [1.82, 2.24) is 4.90 Å². The van der Waals surface area contributed by atoms with Crippen LogP contribution in [0.15, 0.2) is 0 Å². The summed E-state index contributed by atoms with van der Waals surface area (Å²) in [6, 6.07) is 0. The Morgan fingerprint density at radius 2 is 2.12 bits per heavy atom. The van der Waals surface area contributed by atoms with E-state index in [1.54, 1.807) is 0 Å². The molecule has 0 radical (unpaired) electrons. The predicted molar refractivity (Wildman–Crippen MR) is 57.1 cm³/mol. The Bertz CT molecular complexity index is 250. The summed E-state index contributed by atoms with van der Waals surface area (Å²) in [4.78, 5) is 12.8. The van der Waals surface area contributed by atoms with Crippen molar-refractivity contribution < 1.29 is 19.4 Å². The van der Waals surface area contributed by atoms with Crippen molar-refractivity contribution in [2.45, 2.75) is 31.7 Å². The van der Waals surface area contributed by atoms with Crippen LogP contribution < -0.4 is 0 Å². The molecule has 0 aromatic rings. The molecule has 2 aliphatic heterocycles. The highest BCUT2D eigenvalue weighted by atomic mass is 16.7. The van der Waals surface area contributed by atoms with Crippen LogP contribution in [0.1, 0.15) is 19.3 Å². The lowest BCUT2D eigenvalue weighted by Crippen LogP contribution is -2.36. The van der Waals surface area contributed by atoms with Gasteiger partial charge in [-0.3, -0.25) is 4.79 Å². The Kier molecular flexibility index (Phi) is 3.78. The Balaban J connectivity index is 1.77. The van der Waals surface area contributed by atoms with Crippen molar-refractivity contribution in [3.8, 4) is 0 Å². The second-order valence-corrected chi connectivity index (χ2v) is 4.70. The van der Waals surface area contributed by atoms with Crippen LogP contribution in [-0.2, 0) is 14.3 Å². The highest BCUT2D eigenvalue weighted by Crippen LogP contribution is 2.28. The summed E-state index contributed by atoms with van der Waals surface area (Å²) in [6.07, 6.45) is 1.74. The fraction of sp³-hybridized carbons (Fsp3) is 0.909. The minimum Gasteiger partial charge on any atom is -0.481 e. The van der Waals surface area contributed by atoms with Crippen molar-refractivity contribution in [2.24, 2.45) is 5.92 Å². The molecule has 2 atom stereocenters. The molecule has 0 bridgehead atoms. The van der Waals surface area contributed by atoms with E-state index in [1.165, 1.54) is 0 Å². The predicted octanol–water partition coefficient (Wildman–Crippen LogP) is 0.544. The third-order valence-corrected chi connectivity index (χ3v) is 3.32. The summed E-state index contributed by atoms with van der Waals surface area (Å²) in [7, 11) is 2.11. The topological polar surface area (TPSA) is 59.0 Å². The normalized spacial score (nSPS) is 33.1. The molecule has 2 aliphatic rings. The molecule has 16 heavy (non-hydrogen) atoms. The molecule has 0 aromatic heterocycles. The average Bonchev–Trinajstić information content (AvgIpc) is 2.66. The van der Waals surface area contributed by atoms with Gasteiger partial charge in [0.15, 0.2) is 6.29 Å². The van der Waals surface area contributed by atoms with Gasteiger partial charge in [0.05, 0.1) is 19.1 Å². The van der Waals surface area contributed by atoms with E-state index in [9.17, 15) is 4.79 Å². The Hall–Kier alpha value is -0.650. The van der Waals surface area contributed by atoms with Crippen LogP contribution in [0.3, 0.4) is 0 Å². The standard InChI is InChI=1S/C11H19NO4/c1-12-4-2-8(3-5-12)11-15-7-9(16-11)6-10(13)14/h8-9,11H,2-7H2,1H3,(H,13,14). The van der Waals surface area contributed by atoms with E-state index < -0.39 is 5.97 Å². The second kappa shape index (κ2) is 5.12. The molecule has 92 valence electrons. The number of ether oxygens (including phenoxy) is 2. The maximum atomic E-state index is 10.5. The minimum atomic E-state index is -0.822. The van der Waals surface area contributed by atoms with Crippen LogP contribution in [0.5, 0.6) is 0 Å². The van der Waals surface area contributed by atoms with Gasteiger partial charge in [-0.25, -0.2) is 0 Å². The highest BCUT2D eigenvalue weighted by Gasteiger charge is 2.34. The molecule has 2 rings (SSSR count). The van der Waals surface area contributed by atoms with Crippen LogP contribution in [-0.4, -0.2) is 55.1 Å². The van der Waals surface area contributed by atoms with E-state index in [1.807, 2.05) is 0 Å². The molecule has 5 nitrogen and oxygen atoms in total. The number of hydrogen-bond donors (Lipinski definition) is 1. The summed E-state index contributed by atoms with van der Waals surface area (Å²) in [5.74, 6) is -0.396. The van der Waals surface area contributed by atoms with Gasteiger partial charge in [-0.1, -0.05) is 0 Å².